The third kappa shape index (κ3) is 2.99. The average molecular weight is 270 g/mol. The zero-order valence-corrected chi connectivity index (χ0v) is 11.1. The molecule has 19 heavy (non-hydrogen) atoms. The number of rotatable bonds is 2. The highest BCUT2D eigenvalue weighted by atomic mass is 19.2. The quantitative estimate of drug-likeness (QED) is 0.576. The highest BCUT2D eigenvalue weighted by Gasteiger charge is 2.30. The Kier molecular flexibility index (Phi) is 3.97. The molecular formula is C15H17F3O. The van der Waals surface area contributed by atoms with Crippen molar-refractivity contribution in [1.29, 1.82) is 0 Å². The van der Waals surface area contributed by atoms with Gasteiger partial charge in [0.05, 0.1) is 0 Å². The van der Waals surface area contributed by atoms with E-state index in [9.17, 15) is 18.0 Å². The third-order valence-electron chi connectivity index (χ3n) is 3.82. The fourth-order valence-electron chi connectivity index (χ4n) is 3.09. The van der Waals surface area contributed by atoms with E-state index in [-0.39, 0.29) is 17.3 Å². The van der Waals surface area contributed by atoms with Gasteiger partial charge >= 0.3 is 0 Å². The summed E-state index contributed by atoms with van der Waals surface area (Å²) in [5, 5.41) is 0. The zero-order valence-electron chi connectivity index (χ0n) is 11.1. The van der Waals surface area contributed by atoms with E-state index in [4.69, 9.17) is 0 Å². The minimum Gasteiger partial charge on any atom is -0.294 e. The second-order valence-electron chi connectivity index (χ2n) is 5.73. The van der Waals surface area contributed by atoms with Gasteiger partial charge in [-0.25, -0.2) is 13.2 Å². The molecule has 1 aromatic rings. The van der Waals surface area contributed by atoms with Crippen LogP contribution in [0, 0.1) is 35.2 Å². The maximum atomic E-state index is 13.2. The molecular weight excluding hydrogens is 253 g/mol. The SMILES string of the molecule is CC1CC(C)CC(C(=O)c2cc(F)c(F)c(F)c2)C1. The molecule has 0 spiro atoms. The molecule has 0 radical (unpaired) electrons. The van der Waals surface area contributed by atoms with Crippen molar-refractivity contribution in [3.63, 3.8) is 0 Å². The molecule has 0 N–H and O–H groups in total. The Morgan fingerprint density at radius 2 is 1.47 bits per heavy atom. The first-order valence-electron chi connectivity index (χ1n) is 6.57. The molecule has 2 rings (SSSR count). The van der Waals surface area contributed by atoms with E-state index in [2.05, 4.69) is 13.8 Å². The summed E-state index contributed by atoms with van der Waals surface area (Å²) in [5.41, 5.74) is -0.0669. The summed E-state index contributed by atoms with van der Waals surface area (Å²) in [7, 11) is 0. The van der Waals surface area contributed by atoms with Gasteiger partial charge in [0.1, 0.15) is 0 Å². The predicted molar refractivity (Wildman–Crippen MR) is 66.3 cm³/mol. The Labute approximate surface area is 110 Å². The molecule has 1 aliphatic carbocycles. The standard InChI is InChI=1S/C15H17F3O/c1-8-3-9(2)5-10(4-8)15(19)11-6-12(16)14(18)13(17)7-11/h6-10H,3-5H2,1-2H3. The van der Waals surface area contributed by atoms with Crippen LogP contribution < -0.4 is 0 Å². The highest BCUT2D eigenvalue weighted by Crippen LogP contribution is 2.35. The maximum Gasteiger partial charge on any atom is 0.194 e. The van der Waals surface area contributed by atoms with Gasteiger partial charge in [0, 0.05) is 11.5 Å². The lowest BCUT2D eigenvalue weighted by atomic mass is 9.74. The Bertz CT molecular complexity index is 465. The van der Waals surface area contributed by atoms with Crippen LogP contribution in [0.1, 0.15) is 43.5 Å². The lowest BCUT2D eigenvalue weighted by Gasteiger charge is -2.30. The molecule has 1 aliphatic rings. The first kappa shape index (κ1) is 14.1. The molecule has 0 heterocycles. The summed E-state index contributed by atoms with van der Waals surface area (Å²) in [5.74, 6) is -3.79. The topological polar surface area (TPSA) is 17.1 Å². The lowest BCUT2D eigenvalue weighted by molar-refractivity contribution is 0.0835. The van der Waals surface area contributed by atoms with Crippen LogP contribution in [0.15, 0.2) is 12.1 Å². The number of benzene rings is 1. The van der Waals surface area contributed by atoms with Crippen LogP contribution in [-0.4, -0.2) is 5.78 Å². The van der Waals surface area contributed by atoms with E-state index < -0.39 is 17.5 Å². The first-order chi connectivity index (χ1) is 8.88. The Balaban J connectivity index is 2.24. The monoisotopic (exact) mass is 270 g/mol. The van der Waals surface area contributed by atoms with E-state index in [0.717, 1.165) is 31.4 Å². The van der Waals surface area contributed by atoms with Gasteiger partial charge < -0.3 is 0 Å². The summed E-state index contributed by atoms with van der Waals surface area (Å²) in [4.78, 5) is 12.3. The predicted octanol–water partition coefficient (Wildman–Crippen LogP) is 4.36. The molecule has 2 atom stereocenters. The number of Topliss-reactive ketones (excluding diaryl/α,β-unsaturated/α-hetero) is 1. The number of ketones is 1. The lowest BCUT2D eigenvalue weighted by Crippen LogP contribution is -2.26. The van der Waals surface area contributed by atoms with E-state index in [0.29, 0.717) is 11.8 Å². The van der Waals surface area contributed by atoms with Crippen molar-refractivity contribution in [2.45, 2.75) is 33.1 Å². The molecule has 4 heteroatoms. The number of carbonyl (C=O) groups excluding carboxylic acids is 1. The Morgan fingerprint density at radius 3 is 1.95 bits per heavy atom. The summed E-state index contributed by atoms with van der Waals surface area (Å²) >= 11 is 0. The molecule has 1 nitrogen and oxygen atoms in total. The number of carbonyl (C=O) groups is 1. The molecule has 0 saturated heterocycles. The van der Waals surface area contributed by atoms with Crippen molar-refractivity contribution in [3.8, 4) is 0 Å². The van der Waals surface area contributed by atoms with Crippen LogP contribution in [-0.2, 0) is 0 Å². The fraction of sp³-hybridized carbons (Fsp3) is 0.533. The third-order valence-corrected chi connectivity index (χ3v) is 3.82. The van der Waals surface area contributed by atoms with E-state index in [1.54, 1.807) is 0 Å². The van der Waals surface area contributed by atoms with Gasteiger partial charge in [-0.1, -0.05) is 13.8 Å². The smallest absolute Gasteiger partial charge is 0.194 e. The van der Waals surface area contributed by atoms with Crippen LogP contribution >= 0.6 is 0 Å². The van der Waals surface area contributed by atoms with Crippen molar-refractivity contribution >= 4 is 5.78 Å². The van der Waals surface area contributed by atoms with Gasteiger partial charge in [-0.3, -0.25) is 4.79 Å². The van der Waals surface area contributed by atoms with Crippen molar-refractivity contribution in [2.75, 3.05) is 0 Å². The number of hydrogen-bond acceptors (Lipinski definition) is 1. The van der Waals surface area contributed by atoms with Gasteiger partial charge in [-0.2, -0.15) is 0 Å². The molecule has 2 unspecified atom stereocenters. The normalized spacial score (nSPS) is 27.3. The number of hydrogen-bond donors (Lipinski definition) is 0. The number of halogens is 3. The van der Waals surface area contributed by atoms with Crippen LogP contribution in [0.2, 0.25) is 0 Å². The van der Waals surface area contributed by atoms with Crippen LogP contribution in [0.4, 0.5) is 13.2 Å². The second-order valence-corrected chi connectivity index (χ2v) is 5.73. The largest absolute Gasteiger partial charge is 0.294 e. The van der Waals surface area contributed by atoms with Gasteiger partial charge in [-0.15, -0.1) is 0 Å². The van der Waals surface area contributed by atoms with Crippen molar-refractivity contribution in [3.05, 3.63) is 35.1 Å². The molecule has 1 saturated carbocycles. The fourth-order valence-corrected chi connectivity index (χ4v) is 3.09. The summed E-state index contributed by atoms with van der Waals surface area (Å²) < 4.78 is 39.2. The van der Waals surface area contributed by atoms with E-state index in [1.807, 2.05) is 0 Å². The zero-order chi connectivity index (χ0) is 14.2. The van der Waals surface area contributed by atoms with Crippen molar-refractivity contribution in [2.24, 2.45) is 17.8 Å². The van der Waals surface area contributed by atoms with Crippen molar-refractivity contribution in [1.82, 2.24) is 0 Å². The van der Waals surface area contributed by atoms with Crippen LogP contribution in [0.25, 0.3) is 0 Å². The Hall–Kier alpha value is -1.32. The average Bonchev–Trinajstić information content (AvgIpc) is 2.33. The first-order valence-corrected chi connectivity index (χ1v) is 6.57. The second kappa shape index (κ2) is 5.35. The highest BCUT2D eigenvalue weighted by molar-refractivity contribution is 5.97. The van der Waals surface area contributed by atoms with Crippen molar-refractivity contribution < 1.29 is 18.0 Å². The van der Waals surface area contributed by atoms with Gasteiger partial charge in [-0.05, 0) is 43.2 Å². The molecule has 0 aliphatic heterocycles. The van der Waals surface area contributed by atoms with Gasteiger partial charge in [0.2, 0.25) is 0 Å². The minimum absolute atomic E-state index is 0.0669. The van der Waals surface area contributed by atoms with Crippen LogP contribution in [0.3, 0.4) is 0 Å². The summed E-state index contributed by atoms with van der Waals surface area (Å²) in [6.45, 7) is 4.14. The summed E-state index contributed by atoms with van der Waals surface area (Å²) in [6, 6.07) is 1.59. The molecule has 0 aromatic heterocycles. The molecule has 1 fully saturated rings. The molecule has 0 amide bonds. The maximum absolute atomic E-state index is 13.2. The molecule has 1 aromatic carbocycles. The van der Waals surface area contributed by atoms with E-state index >= 15 is 0 Å². The Morgan fingerprint density at radius 1 is 1.00 bits per heavy atom. The summed E-state index contributed by atoms with van der Waals surface area (Å²) in [6.07, 6.45) is 2.52. The molecule has 0 bridgehead atoms. The molecule has 104 valence electrons. The minimum atomic E-state index is -1.53. The van der Waals surface area contributed by atoms with Crippen LogP contribution in [0.5, 0.6) is 0 Å². The van der Waals surface area contributed by atoms with Gasteiger partial charge in [0.15, 0.2) is 23.2 Å². The van der Waals surface area contributed by atoms with Gasteiger partial charge in [0.25, 0.3) is 0 Å². The van der Waals surface area contributed by atoms with E-state index in [1.165, 1.54) is 0 Å².